The highest BCUT2D eigenvalue weighted by Crippen LogP contribution is 2.26. The second-order valence-corrected chi connectivity index (χ2v) is 5.85. The Morgan fingerprint density at radius 2 is 2.00 bits per heavy atom. The smallest absolute Gasteiger partial charge is 0.226 e. The number of nitrogens with zero attached hydrogens (tertiary/aromatic N) is 2. The Morgan fingerprint density at radius 1 is 1.26 bits per heavy atom. The highest BCUT2D eigenvalue weighted by Gasteiger charge is 2.22. The van der Waals surface area contributed by atoms with Crippen LogP contribution in [0.5, 0.6) is 5.88 Å². The molecule has 2 rings (SSSR count). The molecule has 4 heteroatoms. The molecule has 0 bridgehead atoms. The standard InChI is InChI=1S/C15H25N3O/c1-10(2)19-14-9-12(4)16-15(18-14)17-13-8-6-5-7-11(13)3/h9-11,13H,5-8H2,1-4H3,(H,16,17,18). The summed E-state index contributed by atoms with van der Waals surface area (Å²) in [5, 5.41) is 3.48. The van der Waals surface area contributed by atoms with Crippen LogP contribution in [0.3, 0.4) is 0 Å². The maximum atomic E-state index is 5.66. The molecule has 1 aromatic rings. The summed E-state index contributed by atoms with van der Waals surface area (Å²) >= 11 is 0. The molecule has 1 heterocycles. The largest absolute Gasteiger partial charge is 0.475 e. The molecule has 1 aromatic heterocycles. The van der Waals surface area contributed by atoms with Crippen molar-refractivity contribution in [2.24, 2.45) is 5.92 Å². The van der Waals surface area contributed by atoms with E-state index in [2.05, 4.69) is 22.2 Å². The molecule has 1 fully saturated rings. The molecule has 19 heavy (non-hydrogen) atoms. The fourth-order valence-electron chi connectivity index (χ4n) is 2.60. The molecule has 0 saturated heterocycles. The molecular formula is C15H25N3O. The van der Waals surface area contributed by atoms with E-state index < -0.39 is 0 Å². The van der Waals surface area contributed by atoms with Crippen molar-refractivity contribution in [2.45, 2.75) is 65.5 Å². The van der Waals surface area contributed by atoms with Gasteiger partial charge in [-0.1, -0.05) is 19.8 Å². The summed E-state index contributed by atoms with van der Waals surface area (Å²) in [6.45, 7) is 8.30. The predicted molar refractivity (Wildman–Crippen MR) is 77.6 cm³/mol. The summed E-state index contributed by atoms with van der Waals surface area (Å²) in [4.78, 5) is 8.93. The number of hydrogen-bond donors (Lipinski definition) is 1. The molecule has 1 aliphatic carbocycles. The lowest BCUT2D eigenvalue weighted by Gasteiger charge is -2.29. The second-order valence-electron chi connectivity index (χ2n) is 5.85. The first-order valence-electron chi connectivity index (χ1n) is 7.33. The second kappa shape index (κ2) is 6.22. The van der Waals surface area contributed by atoms with E-state index in [1.165, 1.54) is 25.7 Å². The van der Waals surface area contributed by atoms with Crippen LogP contribution in [0, 0.1) is 12.8 Å². The van der Waals surface area contributed by atoms with Crippen molar-refractivity contribution in [3.8, 4) is 5.88 Å². The zero-order valence-corrected chi connectivity index (χ0v) is 12.4. The summed E-state index contributed by atoms with van der Waals surface area (Å²) in [6.07, 6.45) is 5.27. The first-order chi connectivity index (χ1) is 9.04. The van der Waals surface area contributed by atoms with Gasteiger partial charge in [0.15, 0.2) is 0 Å². The molecule has 2 atom stereocenters. The van der Waals surface area contributed by atoms with Crippen LogP contribution in [0.25, 0.3) is 0 Å². The Labute approximate surface area is 116 Å². The SMILES string of the molecule is Cc1cc(OC(C)C)nc(NC2CCCCC2C)n1. The van der Waals surface area contributed by atoms with E-state index >= 15 is 0 Å². The zero-order chi connectivity index (χ0) is 13.8. The highest BCUT2D eigenvalue weighted by molar-refractivity contribution is 5.32. The van der Waals surface area contributed by atoms with Crippen molar-refractivity contribution >= 4 is 5.95 Å². The van der Waals surface area contributed by atoms with Gasteiger partial charge in [-0.3, -0.25) is 0 Å². The van der Waals surface area contributed by atoms with E-state index in [0.717, 1.165) is 5.69 Å². The normalized spacial score (nSPS) is 23.4. The minimum absolute atomic E-state index is 0.135. The minimum Gasteiger partial charge on any atom is -0.475 e. The first kappa shape index (κ1) is 14.1. The van der Waals surface area contributed by atoms with Gasteiger partial charge in [-0.15, -0.1) is 0 Å². The lowest BCUT2D eigenvalue weighted by Crippen LogP contribution is -2.31. The summed E-state index contributed by atoms with van der Waals surface area (Å²) in [6, 6.07) is 2.37. The van der Waals surface area contributed by atoms with Gasteiger partial charge in [-0.25, -0.2) is 4.98 Å². The molecule has 4 nitrogen and oxygen atoms in total. The summed E-state index contributed by atoms with van der Waals surface area (Å²) < 4.78 is 5.66. The third-order valence-electron chi connectivity index (χ3n) is 3.61. The Kier molecular flexibility index (Phi) is 4.61. The number of hydrogen-bond acceptors (Lipinski definition) is 4. The summed E-state index contributed by atoms with van der Waals surface area (Å²) in [7, 11) is 0. The van der Waals surface area contributed by atoms with Crippen LogP contribution in [-0.4, -0.2) is 22.1 Å². The van der Waals surface area contributed by atoms with Crippen LogP contribution in [-0.2, 0) is 0 Å². The third kappa shape index (κ3) is 4.08. The van der Waals surface area contributed by atoms with E-state index in [0.29, 0.717) is 23.8 Å². The predicted octanol–water partition coefficient (Wildman–Crippen LogP) is 3.56. The molecule has 0 radical (unpaired) electrons. The number of aromatic nitrogens is 2. The average molecular weight is 263 g/mol. The van der Waals surface area contributed by atoms with Gasteiger partial charge >= 0.3 is 0 Å². The van der Waals surface area contributed by atoms with Crippen molar-refractivity contribution < 1.29 is 4.74 Å². The van der Waals surface area contributed by atoms with Crippen LogP contribution < -0.4 is 10.1 Å². The molecule has 1 saturated carbocycles. The van der Waals surface area contributed by atoms with Gasteiger partial charge in [-0.2, -0.15) is 4.98 Å². The topological polar surface area (TPSA) is 47.0 Å². The van der Waals surface area contributed by atoms with Gasteiger partial charge < -0.3 is 10.1 Å². The number of rotatable bonds is 4. The Bertz CT molecular complexity index is 420. The van der Waals surface area contributed by atoms with Crippen molar-refractivity contribution in [1.29, 1.82) is 0 Å². The van der Waals surface area contributed by atoms with Gasteiger partial charge in [0.05, 0.1) is 6.10 Å². The van der Waals surface area contributed by atoms with Crippen molar-refractivity contribution in [2.75, 3.05) is 5.32 Å². The number of nitrogens with one attached hydrogen (secondary N) is 1. The van der Waals surface area contributed by atoms with Gasteiger partial charge in [0.2, 0.25) is 11.8 Å². The van der Waals surface area contributed by atoms with Gasteiger partial charge in [-0.05, 0) is 39.5 Å². The number of aryl methyl sites for hydroxylation is 1. The van der Waals surface area contributed by atoms with Gasteiger partial charge in [0, 0.05) is 17.8 Å². The molecule has 0 aromatic carbocycles. The zero-order valence-electron chi connectivity index (χ0n) is 12.4. The fourth-order valence-corrected chi connectivity index (χ4v) is 2.60. The van der Waals surface area contributed by atoms with E-state index in [1.807, 2.05) is 26.8 Å². The van der Waals surface area contributed by atoms with Gasteiger partial charge in [0.25, 0.3) is 0 Å². The lowest BCUT2D eigenvalue weighted by atomic mass is 9.86. The summed E-state index contributed by atoms with van der Waals surface area (Å²) in [5.41, 5.74) is 0.941. The van der Waals surface area contributed by atoms with Gasteiger partial charge in [0.1, 0.15) is 0 Å². The van der Waals surface area contributed by atoms with Crippen molar-refractivity contribution in [1.82, 2.24) is 9.97 Å². The Morgan fingerprint density at radius 3 is 2.68 bits per heavy atom. The molecule has 0 spiro atoms. The van der Waals surface area contributed by atoms with Crippen LogP contribution in [0.1, 0.15) is 52.1 Å². The molecule has 2 unspecified atom stereocenters. The van der Waals surface area contributed by atoms with Crippen molar-refractivity contribution in [3.05, 3.63) is 11.8 Å². The first-order valence-corrected chi connectivity index (χ1v) is 7.33. The molecule has 1 aliphatic rings. The van der Waals surface area contributed by atoms with Crippen LogP contribution in [0.15, 0.2) is 6.07 Å². The van der Waals surface area contributed by atoms with Crippen LogP contribution in [0.4, 0.5) is 5.95 Å². The maximum absolute atomic E-state index is 5.66. The molecule has 0 aliphatic heterocycles. The molecular weight excluding hydrogens is 238 g/mol. The third-order valence-corrected chi connectivity index (χ3v) is 3.61. The van der Waals surface area contributed by atoms with E-state index in [-0.39, 0.29) is 6.10 Å². The Hall–Kier alpha value is -1.32. The molecule has 1 N–H and O–H groups in total. The van der Waals surface area contributed by atoms with E-state index in [9.17, 15) is 0 Å². The number of ether oxygens (including phenoxy) is 1. The maximum Gasteiger partial charge on any atom is 0.226 e. The van der Waals surface area contributed by atoms with Crippen molar-refractivity contribution in [3.63, 3.8) is 0 Å². The quantitative estimate of drug-likeness (QED) is 0.902. The van der Waals surface area contributed by atoms with E-state index in [1.54, 1.807) is 0 Å². The fraction of sp³-hybridized carbons (Fsp3) is 0.733. The summed E-state index contributed by atoms with van der Waals surface area (Å²) in [5.74, 6) is 2.05. The monoisotopic (exact) mass is 263 g/mol. The highest BCUT2D eigenvalue weighted by atomic mass is 16.5. The van der Waals surface area contributed by atoms with Crippen LogP contribution in [0.2, 0.25) is 0 Å². The molecule has 106 valence electrons. The average Bonchev–Trinajstić information content (AvgIpc) is 2.30. The molecule has 0 amide bonds. The minimum atomic E-state index is 0.135. The lowest BCUT2D eigenvalue weighted by molar-refractivity contribution is 0.232. The number of anilines is 1. The van der Waals surface area contributed by atoms with Crippen LogP contribution >= 0.6 is 0 Å². The Balaban J connectivity index is 2.08. The van der Waals surface area contributed by atoms with E-state index in [4.69, 9.17) is 4.74 Å².